The molecule has 3 heterocycles. The van der Waals surface area contributed by atoms with Crippen molar-refractivity contribution in [1.29, 1.82) is 0 Å². The van der Waals surface area contributed by atoms with E-state index in [-0.39, 0.29) is 29.3 Å². The van der Waals surface area contributed by atoms with Crippen molar-refractivity contribution in [3.05, 3.63) is 28.9 Å². The maximum absolute atomic E-state index is 12.0. The number of ketones is 1. The maximum Gasteiger partial charge on any atom is 0.358 e. The predicted octanol–water partition coefficient (Wildman–Crippen LogP) is 1.76. The molecular weight excluding hydrogens is 314 g/mol. The molecule has 1 saturated carbocycles. The van der Waals surface area contributed by atoms with E-state index in [4.69, 9.17) is 18.4 Å². The number of aromatic nitrogens is 2. The standard InChI is InChI=1S/C16H11N3O5/c1-7-10(17-2)8(24-19-7)3-4-9-18-14-15(21-9)23-13-11(22-14)12(20)16(13)5-6-16/h17H,5-6H2,1-2H3. The normalized spacial score (nSPS) is 18.7. The van der Waals surface area contributed by atoms with Crippen LogP contribution in [-0.2, 0) is 4.79 Å². The van der Waals surface area contributed by atoms with Crippen LogP contribution in [0.4, 0.5) is 5.69 Å². The van der Waals surface area contributed by atoms with Crippen LogP contribution in [0.15, 0.2) is 20.5 Å². The zero-order valence-electron chi connectivity index (χ0n) is 12.8. The first kappa shape index (κ1) is 13.2. The molecule has 0 amide bonds. The Morgan fingerprint density at radius 1 is 1.25 bits per heavy atom. The first-order valence-electron chi connectivity index (χ1n) is 7.44. The average molecular weight is 325 g/mol. The van der Waals surface area contributed by atoms with Crippen LogP contribution in [-0.4, -0.2) is 23.0 Å². The summed E-state index contributed by atoms with van der Waals surface area (Å²) in [5.74, 6) is 7.03. The number of ether oxygens (including phenoxy) is 2. The van der Waals surface area contributed by atoms with Gasteiger partial charge in [-0.25, -0.2) is 0 Å². The summed E-state index contributed by atoms with van der Waals surface area (Å²) in [5.41, 5.74) is 0.944. The van der Waals surface area contributed by atoms with Crippen LogP contribution in [0.5, 0.6) is 11.8 Å². The van der Waals surface area contributed by atoms with Gasteiger partial charge >= 0.3 is 11.8 Å². The number of fused-ring (bicyclic) bond motifs is 2. The molecule has 5 rings (SSSR count). The molecule has 8 heteroatoms. The van der Waals surface area contributed by atoms with Gasteiger partial charge in [-0.05, 0) is 25.7 Å². The molecule has 1 N–H and O–H groups in total. The van der Waals surface area contributed by atoms with Gasteiger partial charge in [0.1, 0.15) is 11.4 Å². The van der Waals surface area contributed by atoms with Crippen molar-refractivity contribution in [1.82, 2.24) is 10.1 Å². The van der Waals surface area contributed by atoms with E-state index in [2.05, 4.69) is 27.3 Å². The van der Waals surface area contributed by atoms with E-state index in [0.29, 0.717) is 22.9 Å². The minimum atomic E-state index is -0.468. The molecule has 0 unspecified atom stereocenters. The van der Waals surface area contributed by atoms with Gasteiger partial charge in [0.15, 0.2) is 5.76 Å². The number of hydrogen-bond acceptors (Lipinski definition) is 8. The zero-order chi connectivity index (χ0) is 16.5. The third-order valence-corrected chi connectivity index (χ3v) is 4.39. The number of oxazole rings is 1. The van der Waals surface area contributed by atoms with E-state index in [1.807, 2.05) is 0 Å². The maximum atomic E-state index is 12.0. The Hall–Kier alpha value is -3.21. The lowest BCUT2D eigenvalue weighted by molar-refractivity contribution is -0.127. The topological polar surface area (TPSA) is 99.6 Å². The highest BCUT2D eigenvalue weighted by Crippen LogP contribution is 2.63. The van der Waals surface area contributed by atoms with Crippen LogP contribution in [0.3, 0.4) is 0 Å². The molecule has 0 saturated heterocycles. The number of aryl methyl sites for hydroxylation is 1. The van der Waals surface area contributed by atoms with Gasteiger partial charge in [-0.2, -0.15) is 4.98 Å². The number of allylic oxidation sites excluding steroid dienone is 2. The van der Waals surface area contributed by atoms with Crippen LogP contribution in [0, 0.1) is 24.2 Å². The van der Waals surface area contributed by atoms with Crippen molar-refractivity contribution in [2.24, 2.45) is 5.41 Å². The highest BCUT2D eigenvalue weighted by molar-refractivity contribution is 6.10. The average Bonchev–Trinajstić information content (AvgIpc) is 3.22. The summed E-state index contributed by atoms with van der Waals surface area (Å²) in [6.45, 7) is 1.81. The molecule has 0 atom stereocenters. The fourth-order valence-corrected chi connectivity index (χ4v) is 2.92. The molecule has 2 aromatic rings. The smallest absolute Gasteiger partial charge is 0.358 e. The van der Waals surface area contributed by atoms with E-state index < -0.39 is 5.41 Å². The number of carbonyl (C=O) groups excluding carboxylic acids is 1. The summed E-state index contributed by atoms with van der Waals surface area (Å²) in [7, 11) is 1.76. The number of Topliss-reactive ketones (excluding diaryl/α,β-unsaturated/α-hetero) is 1. The molecule has 2 aliphatic carbocycles. The lowest BCUT2D eigenvalue weighted by Gasteiger charge is -2.31. The molecule has 1 spiro atoms. The van der Waals surface area contributed by atoms with Gasteiger partial charge in [-0.3, -0.25) is 4.79 Å². The molecule has 1 aliphatic heterocycles. The Labute approximate surface area is 135 Å². The molecular formula is C16H11N3O5. The SMILES string of the molecule is CNc1c(C)noc1C#Cc1nc2c(o1)OC1=C(O2)C(=O)C12CC2. The molecule has 0 radical (unpaired) electrons. The summed E-state index contributed by atoms with van der Waals surface area (Å²) in [4.78, 5) is 16.1. The molecule has 120 valence electrons. The summed E-state index contributed by atoms with van der Waals surface area (Å²) in [6, 6.07) is 0. The van der Waals surface area contributed by atoms with Gasteiger partial charge in [0.2, 0.25) is 17.3 Å². The molecule has 1 fully saturated rings. The minimum absolute atomic E-state index is 0.0189. The fraction of sp³-hybridized carbons (Fsp3) is 0.312. The van der Waals surface area contributed by atoms with Gasteiger partial charge in [-0.15, -0.1) is 0 Å². The van der Waals surface area contributed by atoms with Crippen LogP contribution in [0.25, 0.3) is 0 Å². The lowest BCUT2D eigenvalue weighted by Crippen LogP contribution is -2.40. The monoisotopic (exact) mass is 325 g/mol. The van der Waals surface area contributed by atoms with Crippen LogP contribution in [0.2, 0.25) is 0 Å². The van der Waals surface area contributed by atoms with E-state index >= 15 is 0 Å². The van der Waals surface area contributed by atoms with Crippen LogP contribution < -0.4 is 14.8 Å². The Morgan fingerprint density at radius 3 is 2.83 bits per heavy atom. The van der Waals surface area contributed by atoms with Gasteiger partial charge < -0.3 is 23.7 Å². The van der Waals surface area contributed by atoms with Crippen LogP contribution in [0.1, 0.15) is 30.2 Å². The molecule has 24 heavy (non-hydrogen) atoms. The molecule has 0 bridgehead atoms. The first-order chi connectivity index (χ1) is 11.6. The number of nitrogens with zero attached hydrogens (tertiary/aromatic N) is 2. The second-order valence-corrected chi connectivity index (χ2v) is 5.86. The van der Waals surface area contributed by atoms with E-state index in [1.54, 1.807) is 14.0 Å². The molecule has 8 nitrogen and oxygen atoms in total. The van der Waals surface area contributed by atoms with Crippen LogP contribution >= 0.6 is 0 Å². The summed E-state index contributed by atoms with van der Waals surface area (Å²) >= 11 is 0. The minimum Gasteiger partial charge on any atom is -0.426 e. The Kier molecular flexibility index (Phi) is 2.32. The van der Waals surface area contributed by atoms with Gasteiger partial charge in [0, 0.05) is 13.0 Å². The second kappa shape index (κ2) is 4.20. The Bertz CT molecular complexity index is 997. The quantitative estimate of drug-likeness (QED) is 0.792. The van der Waals surface area contributed by atoms with Crippen molar-refractivity contribution < 1.29 is 23.2 Å². The van der Waals surface area contributed by atoms with E-state index in [1.165, 1.54) is 0 Å². The molecule has 2 aromatic heterocycles. The number of anilines is 1. The van der Waals surface area contributed by atoms with Gasteiger partial charge in [-0.1, -0.05) is 5.16 Å². The van der Waals surface area contributed by atoms with Crippen molar-refractivity contribution in [2.45, 2.75) is 19.8 Å². The van der Waals surface area contributed by atoms with E-state index in [9.17, 15) is 4.79 Å². The summed E-state index contributed by atoms with van der Waals surface area (Å²) < 4.78 is 21.7. The van der Waals surface area contributed by atoms with Gasteiger partial charge in [0.25, 0.3) is 5.89 Å². The Balaban J connectivity index is 1.44. The van der Waals surface area contributed by atoms with Crippen molar-refractivity contribution in [3.8, 4) is 23.7 Å². The molecule has 0 aromatic carbocycles. The number of carbonyl (C=O) groups is 1. The fourth-order valence-electron chi connectivity index (χ4n) is 2.92. The largest absolute Gasteiger partial charge is 0.426 e. The third-order valence-electron chi connectivity index (χ3n) is 4.39. The highest BCUT2D eigenvalue weighted by atomic mass is 16.6. The van der Waals surface area contributed by atoms with Crippen molar-refractivity contribution >= 4 is 11.5 Å². The van der Waals surface area contributed by atoms with Crippen molar-refractivity contribution in [3.63, 3.8) is 0 Å². The Morgan fingerprint density at radius 2 is 2.08 bits per heavy atom. The zero-order valence-corrected chi connectivity index (χ0v) is 12.8. The van der Waals surface area contributed by atoms with E-state index in [0.717, 1.165) is 12.8 Å². The van der Waals surface area contributed by atoms with Gasteiger partial charge in [0.05, 0.1) is 5.41 Å². The predicted molar refractivity (Wildman–Crippen MR) is 78.2 cm³/mol. The number of hydrogen-bond donors (Lipinski definition) is 1. The summed E-state index contributed by atoms with van der Waals surface area (Å²) in [6.07, 6.45) is 1.59. The second-order valence-electron chi connectivity index (χ2n) is 5.86. The highest BCUT2D eigenvalue weighted by Gasteiger charge is 2.67. The number of nitrogens with one attached hydrogen (secondary N) is 1. The lowest BCUT2D eigenvalue weighted by atomic mass is 9.84. The first-order valence-corrected chi connectivity index (χ1v) is 7.44. The molecule has 3 aliphatic rings. The number of rotatable bonds is 1. The van der Waals surface area contributed by atoms with Crippen molar-refractivity contribution in [2.75, 3.05) is 12.4 Å². The summed E-state index contributed by atoms with van der Waals surface area (Å²) in [5, 5.41) is 6.81. The third kappa shape index (κ3) is 1.56.